The van der Waals surface area contributed by atoms with E-state index in [1.807, 2.05) is 0 Å². The molecule has 1 aromatic carbocycles. The number of ether oxygens (including phenoxy) is 3. The number of benzene rings is 1. The molecule has 27 heavy (non-hydrogen) atoms. The van der Waals surface area contributed by atoms with Gasteiger partial charge in [-0.25, -0.2) is 4.79 Å². The molecule has 0 saturated heterocycles. The minimum atomic E-state index is -0.741. The maximum absolute atomic E-state index is 12.8. The zero-order valence-electron chi connectivity index (χ0n) is 15.3. The number of nitrogens with one attached hydrogen (secondary N) is 3. The summed E-state index contributed by atoms with van der Waals surface area (Å²) in [4.78, 5) is 30.8. The van der Waals surface area contributed by atoms with Crippen LogP contribution in [0.3, 0.4) is 0 Å². The van der Waals surface area contributed by atoms with Gasteiger partial charge < -0.3 is 24.5 Å². The number of hydrogen-bond donors (Lipinski definition) is 3. The van der Waals surface area contributed by atoms with Crippen LogP contribution in [0.25, 0.3) is 0 Å². The number of fused-ring (bicyclic) bond motifs is 1. The molecule has 1 aliphatic rings. The predicted molar refractivity (Wildman–Crippen MR) is 102 cm³/mol. The molecule has 2 aromatic rings. The number of H-pyrrole nitrogens is 2. The van der Waals surface area contributed by atoms with Gasteiger partial charge in [0.05, 0.1) is 38.4 Å². The number of carbonyl (C=O) groups is 1. The monoisotopic (exact) mass is 389 g/mol. The van der Waals surface area contributed by atoms with Crippen molar-refractivity contribution in [3.63, 3.8) is 0 Å². The molecule has 1 aliphatic heterocycles. The Bertz CT molecular complexity index is 1050. The predicted octanol–water partition coefficient (Wildman–Crippen LogP) is 2.45. The molecule has 3 rings (SSSR count). The second-order valence-electron chi connectivity index (χ2n) is 5.87. The van der Waals surface area contributed by atoms with Crippen molar-refractivity contribution in [1.29, 1.82) is 0 Å². The van der Waals surface area contributed by atoms with Gasteiger partial charge in [0.25, 0.3) is 5.56 Å². The third-order valence-electron chi connectivity index (χ3n) is 4.42. The maximum atomic E-state index is 12.8. The lowest BCUT2D eigenvalue weighted by molar-refractivity contribution is -0.136. The van der Waals surface area contributed by atoms with E-state index in [1.165, 1.54) is 21.3 Å². The molecule has 9 heteroatoms. The summed E-state index contributed by atoms with van der Waals surface area (Å²) >= 11 is 5.07. The van der Waals surface area contributed by atoms with Crippen LogP contribution in [0, 0.1) is 4.77 Å². The number of anilines is 1. The first kappa shape index (κ1) is 18.7. The van der Waals surface area contributed by atoms with E-state index in [0.29, 0.717) is 39.7 Å². The number of allylic oxidation sites excluding steroid dienone is 1. The quantitative estimate of drug-likeness (QED) is 0.545. The highest BCUT2D eigenvalue weighted by atomic mass is 32.1. The number of hydrogen-bond acceptors (Lipinski definition) is 7. The van der Waals surface area contributed by atoms with Crippen molar-refractivity contribution in [3.05, 3.63) is 55.7 Å². The summed E-state index contributed by atoms with van der Waals surface area (Å²) in [7, 11) is 4.31. The molecule has 1 aromatic heterocycles. The Labute approximate surface area is 160 Å². The molecule has 0 radical (unpaired) electrons. The van der Waals surface area contributed by atoms with Gasteiger partial charge in [0.15, 0.2) is 16.3 Å². The van der Waals surface area contributed by atoms with E-state index >= 15 is 0 Å². The van der Waals surface area contributed by atoms with E-state index in [9.17, 15) is 9.59 Å². The summed E-state index contributed by atoms with van der Waals surface area (Å²) in [5.74, 6) is 0.0339. The number of methoxy groups -OCH3 is 3. The third kappa shape index (κ3) is 3.10. The minimum Gasteiger partial charge on any atom is -0.493 e. The molecular formula is C18H19N3O5S. The standard InChI is InChI=1S/C18H19N3O5S/c1-8-11(17(23)26-4)12(9-6-5-7-10(24-2)14(9)25-3)13-15(19-8)20-18(27)21-16(13)22/h5-7,12H,1-4H3,(H3,19,20,21,22,27). The Balaban J connectivity index is 2.40. The fourth-order valence-corrected chi connectivity index (χ4v) is 3.51. The van der Waals surface area contributed by atoms with Gasteiger partial charge in [-0.15, -0.1) is 0 Å². The van der Waals surface area contributed by atoms with Crippen molar-refractivity contribution in [3.8, 4) is 11.5 Å². The van der Waals surface area contributed by atoms with Crippen LogP contribution in [0.2, 0.25) is 0 Å². The minimum absolute atomic E-state index is 0.178. The van der Waals surface area contributed by atoms with Crippen LogP contribution in [-0.4, -0.2) is 37.3 Å². The zero-order valence-corrected chi connectivity index (χ0v) is 16.1. The fourth-order valence-electron chi connectivity index (χ4n) is 3.32. The SMILES string of the molecule is COC(=O)C1=C(C)Nc2[nH]c(=S)[nH]c(=O)c2C1c1cccc(OC)c1OC. The van der Waals surface area contributed by atoms with Gasteiger partial charge in [-0.05, 0) is 25.2 Å². The molecule has 1 atom stereocenters. The van der Waals surface area contributed by atoms with Gasteiger partial charge in [-0.1, -0.05) is 12.1 Å². The van der Waals surface area contributed by atoms with Crippen molar-refractivity contribution in [1.82, 2.24) is 9.97 Å². The van der Waals surface area contributed by atoms with Crippen LogP contribution in [-0.2, 0) is 9.53 Å². The number of aromatic nitrogens is 2. The molecule has 142 valence electrons. The van der Waals surface area contributed by atoms with Crippen LogP contribution < -0.4 is 20.3 Å². The summed E-state index contributed by atoms with van der Waals surface area (Å²) in [5, 5.41) is 3.04. The summed E-state index contributed by atoms with van der Waals surface area (Å²) in [6.45, 7) is 1.73. The van der Waals surface area contributed by atoms with E-state index in [1.54, 1.807) is 25.1 Å². The molecule has 0 aliphatic carbocycles. The number of aromatic amines is 2. The van der Waals surface area contributed by atoms with Crippen LogP contribution in [0.15, 0.2) is 34.3 Å². The smallest absolute Gasteiger partial charge is 0.336 e. The summed E-state index contributed by atoms with van der Waals surface area (Å²) < 4.78 is 16.1. The summed E-state index contributed by atoms with van der Waals surface area (Å²) in [6, 6.07) is 5.28. The van der Waals surface area contributed by atoms with Crippen molar-refractivity contribution >= 4 is 24.0 Å². The van der Waals surface area contributed by atoms with Gasteiger partial charge in [-0.2, -0.15) is 0 Å². The lowest BCUT2D eigenvalue weighted by atomic mass is 9.81. The lowest BCUT2D eigenvalue weighted by Crippen LogP contribution is -2.31. The Morgan fingerprint density at radius 2 is 1.89 bits per heavy atom. The third-order valence-corrected chi connectivity index (χ3v) is 4.63. The average molecular weight is 389 g/mol. The van der Waals surface area contributed by atoms with Crippen LogP contribution >= 0.6 is 12.2 Å². The molecule has 3 N–H and O–H groups in total. The molecule has 0 fully saturated rings. The van der Waals surface area contributed by atoms with E-state index in [2.05, 4.69) is 15.3 Å². The molecule has 0 saturated carbocycles. The highest BCUT2D eigenvalue weighted by Gasteiger charge is 2.37. The average Bonchev–Trinajstić information content (AvgIpc) is 2.65. The van der Waals surface area contributed by atoms with Crippen molar-refractivity contribution in [2.75, 3.05) is 26.6 Å². The number of para-hydroxylation sites is 1. The Morgan fingerprint density at radius 3 is 2.52 bits per heavy atom. The van der Waals surface area contributed by atoms with Gasteiger partial charge in [0.2, 0.25) is 0 Å². The largest absolute Gasteiger partial charge is 0.493 e. The molecule has 8 nitrogen and oxygen atoms in total. The van der Waals surface area contributed by atoms with E-state index < -0.39 is 17.4 Å². The zero-order chi connectivity index (χ0) is 19.7. The van der Waals surface area contributed by atoms with E-state index in [-0.39, 0.29) is 4.77 Å². The van der Waals surface area contributed by atoms with E-state index in [4.69, 9.17) is 26.4 Å². The lowest BCUT2D eigenvalue weighted by Gasteiger charge is -2.29. The van der Waals surface area contributed by atoms with Crippen molar-refractivity contribution in [2.45, 2.75) is 12.8 Å². The summed E-state index contributed by atoms with van der Waals surface area (Å²) in [6.07, 6.45) is 0. The first-order valence-electron chi connectivity index (χ1n) is 8.06. The van der Waals surface area contributed by atoms with Crippen molar-refractivity contribution < 1.29 is 19.0 Å². The fraction of sp³-hybridized carbons (Fsp3) is 0.278. The molecule has 1 unspecified atom stereocenters. The molecule has 2 heterocycles. The van der Waals surface area contributed by atoms with Crippen LogP contribution in [0.4, 0.5) is 5.82 Å². The molecule has 0 amide bonds. The normalized spacial score (nSPS) is 15.6. The second-order valence-corrected chi connectivity index (χ2v) is 6.28. The number of esters is 1. The highest BCUT2D eigenvalue weighted by molar-refractivity contribution is 7.71. The number of carbonyl (C=O) groups excluding carboxylic acids is 1. The highest BCUT2D eigenvalue weighted by Crippen LogP contribution is 2.45. The summed E-state index contributed by atoms with van der Waals surface area (Å²) in [5.41, 5.74) is 1.33. The Kier molecular flexibility index (Phi) is 5.04. The first-order chi connectivity index (χ1) is 12.9. The Morgan fingerprint density at radius 1 is 1.15 bits per heavy atom. The Hall–Kier alpha value is -3.07. The maximum Gasteiger partial charge on any atom is 0.336 e. The molecular weight excluding hydrogens is 370 g/mol. The van der Waals surface area contributed by atoms with Crippen molar-refractivity contribution in [2.24, 2.45) is 0 Å². The van der Waals surface area contributed by atoms with Gasteiger partial charge >= 0.3 is 5.97 Å². The van der Waals surface area contributed by atoms with Gasteiger partial charge in [-0.3, -0.25) is 9.78 Å². The van der Waals surface area contributed by atoms with Gasteiger partial charge in [0, 0.05) is 11.3 Å². The van der Waals surface area contributed by atoms with Gasteiger partial charge in [0.1, 0.15) is 5.82 Å². The first-order valence-corrected chi connectivity index (χ1v) is 8.47. The van der Waals surface area contributed by atoms with Crippen LogP contribution in [0.5, 0.6) is 11.5 Å². The molecule has 0 bridgehead atoms. The topological polar surface area (TPSA) is 105 Å². The van der Waals surface area contributed by atoms with E-state index in [0.717, 1.165) is 0 Å². The van der Waals surface area contributed by atoms with Crippen LogP contribution in [0.1, 0.15) is 24.0 Å². The second kappa shape index (κ2) is 7.28. The molecule has 0 spiro atoms. The number of rotatable bonds is 4.